The summed E-state index contributed by atoms with van der Waals surface area (Å²) >= 11 is 3.66. The van der Waals surface area contributed by atoms with Gasteiger partial charge in [0, 0.05) is 54.1 Å². The zero-order valence-electron chi connectivity index (χ0n) is 36.9. The molecule has 13 nitrogen and oxygen atoms in total. The normalized spacial score (nSPS) is 26.4. The van der Waals surface area contributed by atoms with E-state index in [0.29, 0.717) is 61.2 Å². The van der Waals surface area contributed by atoms with Crippen LogP contribution in [0.25, 0.3) is 16.6 Å². The third kappa shape index (κ3) is 6.77. The molecule has 3 saturated heterocycles. The van der Waals surface area contributed by atoms with Gasteiger partial charge in [-0.3, -0.25) is 33.9 Å². The van der Waals surface area contributed by atoms with Gasteiger partial charge in [0.25, 0.3) is 11.5 Å². The van der Waals surface area contributed by atoms with Crippen LogP contribution in [0, 0.1) is 11.8 Å². The molecule has 14 heteroatoms. The summed E-state index contributed by atoms with van der Waals surface area (Å²) in [5.41, 5.74) is 6.86. The lowest BCUT2D eigenvalue weighted by atomic mass is 9.69. The Morgan fingerprint density at radius 2 is 1.68 bits per heavy atom. The number of aromatic nitrogens is 2. The van der Waals surface area contributed by atoms with Crippen LogP contribution in [0.4, 0.5) is 5.69 Å². The van der Waals surface area contributed by atoms with E-state index in [4.69, 9.17) is 9.72 Å². The number of imide groups is 1. The number of carbonyl (C=O) groups excluding carboxylic acids is 4. The molecule has 4 aromatic rings. The molecule has 4 amide bonds. The molecule has 338 valence electrons. The van der Waals surface area contributed by atoms with Crippen LogP contribution in [0.2, 0.25) is 0 Å². The Morgan fingerprint density at radius 3 is 2.48 bits per heavy atom. The highest BCUT2D eigenvalue weighted by atomic mass is 79.9. The molecule has 5 fully saturated rings. The van der Waals surface area contributed by atoms with E-state index in [1.807, 2.05) is 24.3 Å². The number of likely N-dealkylation sites (tertiary alicyclic amines) is 1. The maximum absolute atomic E-state index is 14.0. The molecule has 6 aliphatic heterocycles. The van der Waals surface area contributed by atoms with Gasteiger partial charge in [0.1, 0.15) is 24.2 Å². The summed E-state index contributed by atoms with van der Waals surface area (Å²) in [6.45, 7) is 5.96. The molecule has 12 rings (SSSR count). The summed E-state index contributed by atoms with van der Waals surface area (Å²) in [6, 6.07) is 16.4. The number of benzene rings is 3. The van der Waals surface area contributed by atoms with Crippen molar-refractivity contribution in [1.82, 2.24) is 29.6 Å². The number of hydrogen-bond donors (Lipinski definition) is 1. The summed E-state index contributed by atoms with van der Waals surface area (Å²) < 4.78 is 9.52. The molecule has 2 saturated carbocycles. The number of nitrogens with one attached hydrogen (secondary N) is 1. The van der Waals surface area contributed by atoms with E-state index >= 15 is 0 Å². The average Bonchev–Trinajstić information content (AvgIpc) is 3.79. The topological polar surface area (TPSA) is 137 Å². The Kier molecular flexibility index (Phi) is 10.2. The van der Waals surface area contributed by atoms with Crippen LogP contribution in [0.15, 0.2) is 57.8 Å². The maximum atomic E-state index is 14.0. The smallest absolute Gasteiger partial charge is 0.281 e. The van der Waals surface area contributed by atoms with Gasteiger partial charge in [-0.2, -0.15) is 4.98 Å². The summed E-state index contributed by atoms with van der Waals surface area (Å²) in [6.07, 6.45) is 12.5. The van der Waals surface area contributed by atoms with Gasteiger partial charge in [0.2, 0.25) is 17.7 Å². The number of piperidine rings is 2. The second-order valence-corrected chi connectivity index (χ2v) is 21.1. The van der Waals surface area contributed by atoms with Crippen LogP contribution in [0.1, 0.15) is 122 Å². The van der Waals surface area contributed by atoms with Crippen molar-refractivity contribution < 1.29 is 23.9 Å². The summed E-state index contributed by atoms with van der Waals surface area (Å²) in [7, 11) is 0. The van der Waals surface area contributed by atoms with E-state index in [2.05, 4.69) is 64.8 Å². The Balaban J connectivity index is 0.651. The van der Waals surface area contributed by atoms with Crippen molar-refractivity contribution in [2.75, 3.05) is 50.8 Å². The first-order valence-electron chi connectivity index (χ1n) is 24.2. The van der Waals surface area contributed by atoms with Crippen molar-refractivity contribution in [3.63, 3.8) is 0 Å². The molecule has 1 unspecified atom stereocenters. The van der Waals surface area contributed by atoms with Crippen molar-refractivity contribution in [3.8, 4) is 11.4 Å². The number of hydrogen-bond acceptors (Lipinski definition) is 9. The van der Waals surface area contributed by atoms with Gasteiger partial charge < -0.3 is 24.3 Å². The lowest BCUT2D eigenvalue weighted by Gasteiger charge is -2.47. The largest absolute Gasteiger partial charge is 0.489 e. The van der Waals surface area contributed by atoms with Gasteiger partial charge in [-0.25, -0.2) is 0 Å². The number of rotatable bonds is 5. The average molecular weight is 943 g/mol. The van der Waals surface area contributed by atoms with Crippen molar-refractivity contribution >= 4 is 56.1 Å². The molecule has 3 aromatic carbocycles. The molecule has 1 aromatic heterocycles. The third-order valence-corrected chi connectivity index (χ3v) is 17.4. The van der Waals surface area contributed by atoms with Crippen molar-refractivity contribution in [3.05, 3.63) is 91.4 Å². The number of amides is 4. The second kappa shape index (κ2) is 16.1. The zero-order valence-corrected chi connectivity index (χ0v) is 38.5. The second-order valence-electron chi connectivity index (χ2n) is 20.2. The van der Waals surface area contributed by atoms with Crippen molar-refractivity contribution in [2.45, 2.75) is 113 Å². The van der Waals surface area contributed by atoms with Gasteiger partial charge in [0.15, 0.2) is 0 Å². The predicted molar refractivity (Wildman–Crippen MR) is 248 cm³/mol. The Hall–Kier alpha value is -5.08. The van der Waals surface area contributed by atoms with Crippen LogP contribution in [-0.4, -0.2) is 106 Å². The molecule has 0 bridgehead atoms. The molecule has 65 heavy (non-hydrogen) atoms. The number of fused-ring (bicyclic) bond motifs is 12. The fourth-order valence-corrected chi connectivity index (χ4v) is 13.8. The molecule has 1 spiro atoms. The van der Waals surface area contributed by atoms with E-state index in [9.17, 15) is 24.0 Å². The molecular formula is C51H56BrN7O6. The van der Waals surface area contributed by atoms with Gasteiger partial charge in [-0.15, -0.1) is 0 Å². The Labute approximate surface area is 387 Å². The number of ether oxygens (including phenoxy) is 1. The minimum atomic E-state index is -0.669. The molecular weight excluding hydrogens is 887 g/mol. The summed E-state index contributed by atoms with van der Waals surface area (Å²) in [5, 5.41) is 3.04. The van der Waals surface area contributed by atoms with Gasteiger partial charge >= 0.3 is 0 Å². The SMILES string of the molecule is O=C1CCC(N2Cc3c(ccc4c3OC[C@H]3CN(C(=O)C5CCC(CN6CCC(c7ccc8c(c7)-n7c(nc(=O)c9c(Br)cccc97)C87CCCCC7)CC6)CC5)CCN43)C2=O)C(=O)N1. The summed E-state index contributed by atoms with van der Waals surface area (Å²) in [5.74, 6) is 2.16. The predicted octanol–water partition coefficient (Wildman–Crippen LogP) is 6.57. The highest BCUT2D eigenvalue weighted by Crippen LogP contribution is 2.52. The number of piperazine rings is 1. The quantitative estimate of drug-likeness (QED) is 0.221. The first-order valence-corrected chi connectivity index (χ1v) is 25.0. The first kappa shape index (κ1) is 41.4. The van der Waals surface area contributed by atoms with Gasteiger partial charge in [0.05, 0.1) is 40.3 Å². The van der Waals surface area contributed by atoms with E-state index in [1.165, 1.54) is 23.2 Å². The Morgan fingerprint density at radius 1 is 0.862 bits per heavy atom. The van der Waals surface area contributed by atoms with Gasteiger partial charge in [-0.1, -0.05) is 37.5 Å². The van der Waals surface area contributed by atoms with E-state index < -0.39 is 11.9 Å². The number of halogens is 1. The van der Waals surface area contributed by atoms with Crippen LogP contribution in [0.5, 0.6) is 5.75 Å². The van der Waals surface area contributed by atoms with Crippen LogP contribution < -0.4 is 20.5 Å². The molecule has 8 aliphatic rings. The molecule has 2 aliphatic carbocycles. The lowest BCUT2D eigenvalue weighted by Crippen LogP contribution is -2.59. The summed E-state index contributed by atoms with van der Waals surface area (Å²) in [4.78, 5) is 78.8. The number of anilines is 1. The fraction of sp³-hybridized carbons (Fsp3) is 0.529. The van der Waals surface area contributed by atoms with Crippen molar-refractivity contribution in [1.29, 1.82) is 0 Å². The molecule has 7 heterocycles. The third-order valence-electron chi connectivity index (χ3n) is 16.7. The van der Waals surface area contributed by atoms with E-state index in [0.717, 1.165) is 111 Å². The Bertz CT molecular complexity index is 2710. The van der Waals surface area contributed by atoms with Gasteiger partial charge in [-0.05, 0) is 140 Å². The lowest BCUT2D eigenvalue weighted by molar-refractivity contribution is -0.138. The zero-order chi connectivity index (χ0) is 44.1. The standard InChI is InChI=1S/C51H56BrN7O6/c52-38-5-4-6-39-44(38)47(62)54-50-51(19-2-1-3-20-51)37-13-11-33(25-42(37)59(39)50)31-17-21-55(22-18-31)26-30-7-9-32(10-8-30)48(63)56-23-24-57-34(27-56)29-65-45-36-28-58(41-15-16-43(60)53-46(41)61)49(64)35(36)12-14-40(45)57/h4-6,11-14,25,30-32,34,41H,1-3,7-10,15-24,26-29H2,(H,53,60,61)/t30?,32?,34-,41?/m1/s1. The highest BCUT2D eigenvalue weighted by molar-refractivity contribution is 9.10. The van der Waals surface area contributed by atoms with Crippen LogP contribution >= 0.6 is 15.9 Å². The minimum Gasteiger partial charge on any atom is -0.489 e. The van der Waals surface area contributed by atoms with Crippen molar-refractivity contribution in [2.24, 2.45) is 11.8 Å². The molecule has 2 atom stereocenters. The monoisotopic (exact) mass is 941 g/mol. The highest BCUT2D eigenvalue weighted by Gasteiger charge is 2.48. The maximum Gasteiger partial charge on any atom is 0.281 e. The first-order chi connectivity index (χ1) is 31.6. The van der Waals surface area contributed by atoms with E-state index in [1.54, 1.807) is 4.90 Å². The number of nitrogens with zero attached hydrogens (tertiary/aromatic N) is 6. The molecule has 1 N–H and O–H groups in total. The minimum absolute atomic E-state index is 0.0344. The van der Waals surface area contributed by atoms with Crippen LogP contribution in [-0.2, 0) is 26.3 Å². The van der Waals surface area contributed by atoms with Crippen LogP contribution in [0.3, 0.4) is 0 Å². The molecule has 0 radical (unpaired) electrons. The fourth-order valence-electron chi connectivity index (χ4n) is 13.3. The number of carbonyl (C=O) groups is 4. The van der Waals surface area contributed by atoms with E-state index in [-0.39, 0.29) is 53.6 Å².